The van der Waals surface area contributed by atoms with Crippen LogP contribution in [0.1, 0.15) is 33.8 Å². The lowest BCUT2D eigenvalue weighted by atomic mass is 9.96. The maximum atomic E-state index is 12.5. The van der Waals surface area contributed by atoms with Crippen molar-refractivity contribution in [1.29, 1.82) is 0 Å². The first-order valence-corrected chi connectivity index (χ1v) is 8.20. The van der Waals surface area contributed by atoms with Crippen molar-refractivity contribution in [3.05, 3.63) is 52.3 Å². The van der Waals surface area contributed by atoms with Gasteiger partial charge in [-0.25, -0.2) is 0 Å². The standard InChI is InChI=1S/C17H20N4O4/c1-20-8-2-3-13(16(20)23)17(24)21-9-5-12(6-10-21)11-18-15(22)14-4-7-19-25-14/h2-4,7-8,12H,5-6,9-11H2,1H3,(H,18,22). The summed E-state index contributed by atoms with van der Waals surface area (Å²) in [6.07, 6.45) is 4.60. The van der Waals surface area contributed by atoms with Gasteiger partial charge in [0.05, 0.1) is 6.20 Å². The van der Waals surface area contributed by atoms with Crippen LogP contribution in [-0.4, -0.2) is 46.1 Å². The lowest BCUT2D eigenvalue weighted by Gasteiger charge is -2.32. The highest BCUT2D eigenvalue weighted by atomic mass is 16.5. The molecule has 1 N–H and O–H groups in total. The molecule has 0 aromatic carbocycles. The molecule has 1 saturated heterocycles. The van der Waals surface area contributed by atoms with Crippen molar-refractivity contribution in [2.45, 2.75) is 12.8 Å². The number of likely N-dealkylation sites (tertiary alicyclic amines) is 1. The molecule has 8 heteroatoms. The monoisotopic (exact) mass is 344 g/mol. The maximum Gasteiger partial charge on any atom is 0.289 e. The molecule has 0 atom stereocenters. The molecule has 0 aliphatic carbocycles. The van der Waals surface area contributed by atoms with Crippen LogP contribution in [0.25, 0.3) is 0 Å². The molecule has 132 valence electrons. The smallest absolute Gasteiger partial charge is 0.289 e. The second-order valence-electron chi connectivity index (χ2n) is 6.16. The molecule has 2 aromatic rings. The van der Waals surface area contributed by atoms with E-state index < -0.39 is 0 Å². The van der Waals surface area contributed by atoms with E-state index in [2.05, 4.69) is 10.5 Å². The lowest BCUT2D eigenvalue weighted by Crippen LogP contribution is -2.43. The number of carbonyl (C=O) groups is 2. The highest BCUT2D eigenvalue weighted by molar-refractivity contribution is 5.94. The number of carbonyl (C=O) groups excluding carboxylic acids is 2. The average Bonchev–Trinajstić information content (AvgIpc) is 3.17. The van der Waals surface area contributed by atoms with Crippen molar-refractivity contribution in [2.24, 2.45) is 13.0 Å². The molecule has 1 aliphatic heterocycles. The van der Waals surface area contributed by atoms with Crippen LogP contribution in [0, 0.1) is 5.92 Å². The normalized spacial score (nSPS) is 15.2. The van der Waals surface area contributed by atoms with Gasteiger partial charge < -0.3 is 19.3 Å². The molecule has 25 heavy (non-hydrogen) atoms. The quantitative estimate of drug-likeness (QED) is 0.878. The SMILES string of the molecule is Cn1cccc(C(=O)N2CCC(CNC(=O)c3ccno3)CC2)c1=O. The Hall–Kier alpha value is -2.90. The van der Waals surface area contributed by atoms with Gasteiger partial charge in [-0.3, -0.25) is 14.4 Å². The molecule has 0 unspecified atom stereocenters. The fourth-order valence-electron chi connectivity index (χ4n) is 2.93. The Morgan fingerprint density at radius 2 is 2.08 bits per heavy atom. The Labute approximate surface area is 144 Å². The van der Waals surface area contributed by atoms with Crippen molar-refractivity contribution in [1.82, 2.24) is 19.9 Å². The largest absolute Gasteiger partial charge is 0.351 e. The van der Waals surface area contributed by atoms with Gasteiger partial charge in [0.2, 0.25) is 5.76 Å². The summed E-state index contributed by atoms with van der Waals surface area (Å²) in [6, 6.07) is 4.77. The van der Waals surface area contributed by atoms with Crippen LogP contribution >= 0.6 is 0 Å². The van der Waals surface area contributed by atoms with Crippen LogP contribution in [0.15, 0.2) is 39.9 Å². The second kappa shape index (κ2) is 7.33. The second-order valence-corrected chi connectivity index (χ2v) is 6.16. The van der Waals surface area contributed by atoms with Gasteiger partial charge in [-0.15, -0.1) is 0 Å². The summed E-state index contributed by atoms with van der Waals surface area (Å²) in [5.74, 6) is -0.0452. The van der Waals surface area contributed by atoms with E-state index in [9.17, 15) is 14.4 Å². The van der Waals surface area contributed by atoms with Crippen LogP contribution in [-0.2, 0) is 7.05 Å². The summed E-state index contributed by atoms with van der Waals surface area (Å²) < 4.78 is 6.21. The molecule has 0 saturated carbocycles. The fraction of sp³-hybridized carbons (Fsp3) is 0.412. The summed E-state index contributed by atoms with van der Waals surface area (Å²) in [6.45, 7) is 1.66. The summed E-state index contributed by atoms with van der Waals surface area (Å²) in [5.41, 5.74) is -0.0870. The van der Waals surface area contributed by atoms with Crippen molar-refractivity contribution < 1.29 is 14.1 Å². The van der Waals surface area contributed by atoms with E-state index in [-0.39, 0.29) is 34.6 Å². The molecule has 3 rings (SSSR count). The van der Waals surface area contributed by atoms with Crippen LogP contribution in [0.4, 0.5) is 0 Å². The molecule has 1 aliphatic rings. The summed E-state index contributed by atoms with van der Waals surface area (Å²) in [5, 5.41) is 6.32. The van der Waals surface area contributed by atoms with E-state index in [0.717, 1.165) is 12.8 Å². The van der Waals surface area contributed by atoms with Crippen molar-refractivity contribution in [2.75, 3.05) is 19.6 Å². The van der Waals surface area contributed by atoms with Crippen LogP contribution in [0.3, 0.4) is 0 Å². The van der Waals surface area contributed by atoms with Gasteiger partial charge >= 0.3 is 0 Å². The van der Waals surface area contributed by atoms with Crippen molar-refractivity contribution >= 4 is 11.8 Å². The number of pyridine rings is 1. The Balaban J connectivity index is 1.51. The number of rotatable bonds is 4. The minimum absolute atomic E-state index is 0.188. The Kier molecular flexibility index (Phi) is 4.97. The number of aryl methyl sites for hydroxylation is 1. The number of amides is 2. The number of nitrogens with zero attached hydrogens (tertiary/aromatic N) is 3. The van der Waals surface area contributed by atoms with Crippen LogP contribution < -0.4 is 10.9 Å². The first-order valence-electron chi connectivity index (χ1n) is 8.20. The molecule has 0 bridgehead atoms. The highest BCUT2D eigenvalue weighted by Gasteiger charge is 2.25. The van der Waals surface area contributed by atoms with Gasteiger partial charge in [-0.1, -0.05) is 5.16 Å². The van der Waals surface area contributed by atoms with E-state index in [1.165, 1.54) is 16.8 Å². The predicted octanol–water partition coefficient (Wildman–Crippen LogP) is 0.655. The van der Waals surface area contributed by atoms with E-state index in [4.69, 9.17) is 4.52 Å². The van der Waals surface area contributed by atoms with E-state index >= 15 is 0 Å². The summed E-state index contributed by atoms with van der Waals surface area (Å²) >= 11 is 0. The van der Waals surface area contributed by atoms with E-state index in [0.29, 0.717) is 19.6 Å². The summed E-state index contributed by atoms with van der Waals surface area (Å²) in [7, 11) is 1.63. The molecule has 0 radical (unpaired) electrons. The van der Waals surface area contributed by atoms with Crippen molar-refractivity contribution in [3.8, 4) is 0 Å². The Morgan fingerprint density at radius 1 is 1.32 bits per heavy atom. The van der Waals surface area contributed by atoms with E-state index in [1.54, 1.807) is 30.3 Å². The van der Waals surface area contributed by atoms with Gasteiger partial charge in [0.15, 0.2) is 0 Å². The number of piperidine rings is 1. The molecular weight excluding hydrogens is 324 g/mol. The lowest BCUT2D eigenvalue weighted by molar-refractivity contribution is 0.0680. The zero-order chi connectivity index (χ0) is 17.8. The van der Waals surface area contributed by atoms with Gasteiger partial charge in [0.25, 0.3) is 17.4 Å². The third-order valence-electron chi connectivity index (χ3n) is 4.47. The number of aromatic nitrogens is 2. The minimum Gasteiger partial charge on any atom is -0.351 e. The topological polar surface area (TPSA) is 97.4 Å². The number of hydrogen-bond acceptors (Lipinski definition) is 5. The molecule has 0 spiro atoms. The Morgan fingerprint density at radius 3 is 2.76 bits per heavy atom. The third-order valence-corrected chi connectivity index (χ3v) is 4.47. The molecule has 2 amide bonds. The van der Waals surface area contributed by atoms with Gasteiger partial charge in [0.1, 0.15) is 5.56 Å². The van der Waals surface area contributed by atoms with Gasteiger partial charge in [-0.05, 0) is 30.9 Å². The molecule has 2 aromatic heterocycles. The molecule has 3 heterocycles. The number of hydrogen-bond donors (Lipinski definition) is 1. The molecule has 8 nitrogen and oxygen atoms in total. The van der Waals surface area contributed by atoms with Gasteiger partial charge in [-0.2, -0.15) is 0 Å². The number of nitrogens with one attached hydrogen (secondary N) is 1. The Bertz CT molecular complexity index is 804. The van der Waals surface area contributed by atoms with Gasteiger partial charge in [0, 0.05) is 38.9 Å². The van der Waals surface area contributed by atoms with Crippen LogP contribution in [0.2, 0.25) is 0 Å². The highest BCUT2D eigenvalue weighted by Crippen LogP contribution is 2.18. The van der Waals surface area contributed by atoms with Crippen molar-refractivity contribution in [3.63, 3.8) is 0 Å². The first-order chi connectivity index (χ1) is 12.1. The minimum atomic E-state index is -0.288. The maximum absolute atomic E-state index is 12.5. The fourth-order valence-corrected chi connectivity index (χ4v) is 2.93. The van der Waals surface area contributed by atoms with E-state index in [1.807, 2.05) is 0 Å². The van der Waals surface area contributed by atoms with Crippen LogP contribution in [0.5, 0.6) is 0 Å². The first kappa shape index (κ1) is 16.9. The molecular formula is C17H20N4O4. The predicted molar refractivity (Wildman–Crippen MR) is 89.1 cm³/mol. The zero-order valence-corrected chi connectivity index (χ0v) is 14.0. The summed E-state index contributed by atoms with van der Waals surface area (Å²) in [4.78, 5) is 38.1. The average molecular weight is 344 g/mol. The molecule has 1 fully saturated rings. The zero-order valence-electron chi connectivity index (χ0n) is 14.0. The third kappa shape index (κ3) is 3.78.